The van der Waals surface area contributed by atoms with Crippen molar-refractivity contribution in [3.05, 3.63) is 12.2 Å². The minimum absolute atomic E-state index is 0.240. The molecule has 0 fully saturated rings. The number of rotatable bonds is 7. The van der Waals surface area contributed by atoms with E-state index in [4.69, 9.17) is 5.11 Å². The van der Waals surface area contributed by atoms with Gasteiger partial charge in [-0.05, 0) is 19.8 Å². The fourth-order valence-corrected chi connectivity index (χ4v) is 1.67. The highest BCUT2D eigenvalue weighted by Crippen LogP contribution is 2.09. The highest BCUT2D eigenvalue weighted by Gasteiger charge is 2.13. The second-order valence-corrected chi connectivity index (χ2v) is 3.62. The van der Waals surface area contributed by atoms with Gasteiger partial charge in [0, 0.05) is 19.1 Å². The van der Waals surface area contributed by atoms with Gasteiger partial charge in [0.05, 0.1) is 6.61 Å². The second-order valence-electron chi connectivity index (χ2n) is 3.62. The zero-order chi connectivity index (χ0) is 10.3. The average Bonchev–Trinajstić information content (AvgIpc) is 2.05. The van der Waals surface area contributed by atoms with Crippen LogP contribution in [0.4, 0.5) is 0 Å². The van der Waals surface area contributed by atoms with E-state index in [1.807, 2.05) is 6.92 Å². The van der Waals surface area contributed by atoms with E-state index >= 15 is 0 Å². The number of nitrogens with zero attached hydrogens (tertiary/aromatic N) is 1. The molecule has 0 radical (unpaired) electrons. The van der Waals surface area contributed by atoms with Crippen molar-refractivity contribution in [3.63, 3.8) is 0 Å². The van der Waals surface area contributed by atoms with Gasteiger partial charge in [0.15, 0.2) is 0 Å². The van der Waals surface area contributed by atoms with Crippen molar-refractivity contribution >= 4 is 0 Å². The summed E-state index contributed by atoms with van der Waals surface area (Å²) >= 11 is 0. The third-order valence-electron chi connectivity index (χ3n) is 2.32. The molecular weight excluding hydrogens is 162 g/mol. The topological polar surface area (TPSA) is 23.5 Å². The molecule has 2 nitrogen and oxygen atoms in total. The van der Waals surface area contributed by atoms with Crippen LogP contribution in [0.3, 0.4) is 0 Å². The smallest absolute Gasteiger partial charge is 0.0558 e. The lowest BCUT2D eigenvalue weighted by atomic mass is 10.1. The molecule has 0 aromatic heterocycles. The van der Waals surface area contributed by atoms with Gasteiger partial charge in [0.1, 0.15) is 0 Å². The largest absolute Gasteiger partial charge is 0.395 e. The summed E-state index contributed by atoms with van der Waals surface area (Å²) in [5.41, 5.74) is 1.17. The zero-order valence-electron chi connectivity index (χ0n) is 9.21. The molecule has 0 amide bonds. The zero-order valence-corrected chi connectivity index (χ0v) is 9.21. The summed E-state index contributed by atoms with van der Waals surface area (Å²) < 4.78 is 0. The lowest BCUT2D eigenvalue weighted by molar-refractivity contribution is 0.154. The van der Waals surface area contributed by atoms with E-state index in [9.17, 15) is 0 Å². The van der Waals surface area contributed by atoms with E-state index in [1.54, 1.807) is 0 Å². The van der Waals surface area contributed by atoms with Crippen molar-refractivity contribution in [3.8, 4) is 0 Å². The van der Waals surface area contributed by atoms with E-state index < -0.39 is 0 Å². The Hall–Kier alpha value is -0.340. The maximum absolute atomic E-state index is 8.92. The molecule has 0 spiro atoms. The van der Waals surface area contributed by atoms with E-state index in [0.29, 0.717) is 6.04 Å². The van der Waals surface area contributed by atoms with E-state index in [0.717, 1.165) is 25.9 Å². The monoisotopic (exact) mass is 185 g/mol. The number of hydrogen-bond donors (Lipinski definition) is 1. The van der Waals surface area contributed by atoms with Crippen LogP contribution in [0.25, 0.3) is 0 Å². The molecule has 0 rings (SSSR count). The van der Waals surface area contributed by atoms with Gasteiger partial charge >= 0.3 is 0 Å². The van der Waals surface area contributed by atoms with Crippen LogP contribution >= 0.6 is 0 Å². The summed E-state index contributed by atoms with van der Waals surface area (Å²) in [6, 6.07) is 0.587. The summed E-state index contributed by atoms with van der Waals surface area (Å²) in [6.45, 7) is 12.2. The van der Waals surface area contributed by atoms with Crippen LogP contribution in [0.2, 0.25) is 0 Å². The first-order valence-corrected chi connectivity index (χ1v) is 5.14. The van der Waals surface area contributed by atoms with Gasteiger partial charge in [-0.2, -0.15) is 0 Å². The Kier molecular flexibility index (Phi) is 6.92. The van der Waals surface area contributed by atoms with Gasteiger partial charge in [-0.1, -0.05) is 26.0 Å². The summed E-state index contributed by atoms with van der Waals surface area (Å²) in [6.07, 6.45) is 2.29. The van der Waals surface area contributed by atoms with Crippen LogP contribution < -0.4 is 0 Å². The van der Waals surface area contributed by atoms with Gasteiger partial charge in [-0.15, -0.1) is 0 Å². The van der Waals surface area contributed by atoms with Crippen molar-refractivity contribution in [2.24, 2.45) is 0 Å². The van der Waals surface area contributed by atoms with Gasteiger partial charge in [0.2, 0.25) is 0 Å². The fourth-order valence-electron chi connectivity index (χ4n) is 1.67. The Morgan fingerprint density at radius 3 is 2.23 bits per heavy atom. The molecule has 78 valence electrons. The fraction of sp³-hybridized carbons (Fsp3) is 0.818. The van der Waals surface area contributed by atoms with Crippen LogP contribution in [-0.2, 0) is 0 Å². The number of aliphatic hydroxyl groups is 1. The SMILES string of the molecule is C=C(C)CN(CCO)C(CC)CC. The molecule has 0 aliphatic heterocycles. The first kappa shape index (κ1) is 12.7. The second kappa shape index (κ2) is 7.10. The highest BCUT2D eigenvalue weighted by molar-refractivity contribution is 4.93. The van der Waals surface area contributed by atoms with Crippen molar-refractivity contribution < 1.29 is 5.11 Å². The lowest BCUT2D eigenvalue weighted by Gasteiger charge is -2.29. The average molecular weight is 185 g/mol. The minimum atomic E-state index is 0.240. The first-order valence-electron chi connectivity index (χ1n) is 5.14. The third-order valence-corrected chi connectivity index (χ3v) is 2.32. The molecule has 0 aliphatic rings. The molecule has 0 bridgehead atoms. The van der Waals surface area contributed by atoms with Crippen LogP contribution in [0.15, 0.2) is 12.2 Å². The molecule has 2 heteroatoms. The van der Waals surface area contributed by atoms with Crippen LogP contribution in [0, 0.1) is 0 Å². The molecular formula is C11H23NO. The summed E-state index contributed by atoms with van der Waals surface area (Å²) in [5.74, 6) is 0. The van der Waals surface area contributed by atoms with Crippen LogP contribution in [0.5, 0.6) is 0 Å². The van der Waals surface area contributed by atoms with Crippen LogP contribution in [-0.4, -0.2) is 35.7 Å². The van der Waals surface area contributed by atoms with Crippen molar-refractivity contribution in [2.45, 2.75) is 39.7 Å². The third kappa shape index (κ3) is 5.06. The Morgan fingerprint density at radius 1 is 1.38 bits per heavy atom. The molecule has 0 atom stereocenters. The molecule has 0 heterocycles. The van der Waals surface area contributed by atoms with Crippen molar-refractivity contribution in [1.82, 2.24) is 4.90 Å². The van der Waals surface area contributed by atoms with E-state index in [-0.39, 0.29) is 6.61 Å². The van der Waals surface area contributed by atoms with Gasteiger partial charge in [0.25, 0.3) is 0 Å². The predicted octanol–water partition coefficient (Wildman–Crippen LogP) is 2.05. The highest BCUT2D eigenvalue weighted by atomic mass is 16.3. The van der Waals surface area contributed by atoms with Crippen molar-refractivity contribution in [2.75, 3.05) is 19.7 Å². The molecule has 0 unspecified atom stereocenters. The van der Waals surface area contributed by atoms with Crippen LogP contribution in [0.1, 0.15) is 33.6 Å². The van der Waals surface area contributed by atoms with Gasteiger partial charge in [-0.3, -0.25) is 4.90 Å². The normalized spacial score (nSPS) is 11.2. The molecule has 0 saturated heterocycles. The van der Waals surface area contributed by atoms with Crippen molar-refractivity contribution in [1.29, 1.82) is 0 Å². The number of aliphatic hydroxyl groups excluding tert-OH is 1. The van der Waals surface area contributed by atoms with Gasteiger partial charge in [-0.25, -0.2) is 0 Å². The van der Waals surface area contributed by atoms with E-state index in [2.05, 4.69) is 25.3 Å². The summed E-state index contributed by atoms with van der Waals surface area (Å²) in [5, 5.41) is 8.92. The molecule has 1 N–H and O–H groups in total. The Labute approximate surface area is 82.3 Å². The summed E-state index contributed by atoms with van der Waals surface area (Å²) in [7, 11) is 0. The quantitative estimate of drug-likeness (QED) is 0.614. The van der Waals surface area contributed by atoms with E-state index in [1.165, 1.54) is 5.57 Å². The Balaban J connectivity index is 4.11. The maximum atomic E-state index is 8.92. The standard InChI is InChI=1S/C11H23NO/c1-5-11(6-2)12(7-8-13)9-10(3)4/h11,13H,3,5-9H2,1-2,4H3. The minimum Gasteiger partial charge on any atom is -0.395 e. The lowest BCUT2D eigenvalue weighted by Crippen LogP contribution is -2.37. The predicted molar refractivity (Wildman–Crippen MR) is 57.8 cm³/mol. The Bertz CT molecular complexity index is 141. The maximum Gasteiger partial charge on any atom is 0.0558 e. The number of hydrogen-bond acceptors (Lipinski definition) is 2. The first-order chi connectivity index (χ1) is 6.15. The molecule has 0 aromatic rings. The molecule has 0 aromatic carbocycles. The molecule has 0 saturated carbocycles. The molecule has 0 aliphatic carbocycles. The summed E-state index contributed by atoms with van der Waals surface area (Å²) in [4.78, 5) is 2.31. The Morgan fingerprint density at radius 2 is 1.92 bits per heavy atom. The van der Waals surface area contributed by atoms with Gasteiger partial charge < -0.3 is 5.11 Å². The molecule has 13 heavy (non-hydrogen) atoms.